The summed E-state index contributed by atoms with van der Waals surface area (Å²) >= 11 is 5.97. The quantitative estimate of drug-likeness (QED) is 0.907. The second-order valence-corrected chi connectivity index (χ2v) is 7.26. The van der Waals surface area contributed by atoms with Gasteiger partial charge >= 0.3 is 5.97 Å². The number of carboxylic acids is 1. The van der Waals surface area contributed by atoms with Crippen molar-refractivity contribution in [1.29, 1.82) is 0 Å². The van der Waals surface area contributed by atoms with Gasteiger partial charge in [-0.25, -0.2) is 0 Å². The summed E-state index contributed by atoms with van der Waals surface area (Å²) in [6.07, 6.45) is 2.38. The van der Waals surface area contributed by atoms with Gasteiger partial charge in [0.05, 0.1) is 5.41 Å². The van der Waals surface area contributed by atoms with Gasteiger partial charge in [-0.2, -0.15) is 0 Å². The van der Waals surface area contributed by atoms with Crippen LogP contribution in [0.5, 0.6) is 0 Å². The Labute approximate surface area is 149 Å². The topological polar surface area (TPSA) is 83.6 Å². The molecule has 25 heavy (non-hydrogen) atoms. The number of carbonyl (C=O) groups is 2. The third kappa shape index (κ3) is 2.61. The second kappa shape index (κ2) is 5.88. The van der Waals surface area contributed by atoms with Crippen molar-refractivity contribution < 1.29 is 19.2 Å². The van der Waals surface area contributed by atoms with Crippen molar-refractivity contribution >= 4 is 23.5 Å². The Kier molecular flexibility index (Phi) is 3.80. The average molecular weight is 361 g/mol. The molecule has 1 aliphatic carbocycles. The largest absolute Gasteiger partial charge is 0.481 e. The van der Waals surface area contributed by atoms with Gasteiger partial charge in [0.1, 0.15) is 0 Å². The Morgan fingerprint density at radius 2 is 2.20 bits per heavy atom. The van der Waals surface area contributed by atoms with Crippen LogP contribution < -0.4 is 0 Å². The van der Waals surface area contributed by atoms with E-state index in [0.717, 1.165) is 18.4 Å². The number of hydrogen-bond acceptors (Lipinski definition) is 4. The highest BCUT2D eigenvalue weighted by molar-refractivity contribution is 6.30. The van der Waals surface area contributed by atoms with Crippen LogP contribution in [0.2, 0.25) is 5.02 Å². The number of benzene rings is 1. The molecule has 0 bridgehead atoms. The Morgan fingerprint density at radius 1 is 1.36 bits per heavy atom. The lowest BCUT2D eigenvalue weighted by Crippen LogP contribution is -2.37. The van der Waals surface area contributed by atoms with E-state index >= 15 is 0 Å². The van der Waals surface area contributed by atoms with E-state index in [4.69, 9.17) is 16.1 Å². The predicted molar refractivity (Wildman–Crippen MR) is 90.3 cm³/mol. The van der Waals surface area contributed by atoms with E-state index < -0.39 is 11.4 Å². The molecular formula is C18H17ClN2O4. The summed E-state index contributed by atoms with van der Waals surface area (Å²) in [5.74, 6) is -0.608. The number of aromatic nitrogens is 1. The van der Waals surface area contributed by atoms with Crippen molar-refractivity contribution in [1.82, 2.24) is 10.1 Å². The SMILES string of the molecule is O=C(c1cc(-c2cccc(Cl)c2)on1)N1C[C@@H]2CCC[C@@]2(C(=O)O)C1. The summed E-state index contributed by atoms with van der Waals surface area (Å²) in [6, 6.07) is 8.67. The van der Waals surface area contributed by atoms with E-state index in [2.05, 4.69) is 5.16 Å². The minimum Gasteiger partial charge on any atom is -0.481 e. The number of aliphatic carboxylic acids is 1. The van der Waals surface area contributed by atoms with Gasteiger partial charge in [0.15, 0.2) is 11.5 Å². The summed E-state index contributed by atoms with van der Waals surface area (Å²) < 4.78 is 5.28. The summed E-state index contributed by atoms with van der Waals surface area (Å²) in [7, 11) is 0. The van der Waals surface area contributed by atoms with Gasteiger partial charge in [-0.05, 0) is 30.9 Å². The highest BCUT2D eigenvalue weighted by Gasteiger charge is 2.56. The lowest BCUT2D eigenvalue weighted by molar-refractivity contribution is -0.149. The summed E-state index contributed by atoms with van der Waals surface area (Å²) in [5, 5.41) is 14.1. The molecule has 2 aromatic rings. The summed E-state index contributed by atoms with van der Waals surface area (Å²) in [5.41, 5.74) is 0.129. The molecule has 2 atom stereocenters. The van der Waals surface area contributed by atoms with Crippen molar-refractivity contribution in [3.05, 3.63) is 41.0 Å². The van der Waals surface area contributed by atoms with Crippen LogP contribution in [-0.4, -0.2) is 40.1 Å². The van der Waals surface area contributed by atoms with Crippen LogP contribution >= 0.6 is 11.6 Å². The van der Waals surface area contributed by atoms with Crippen molar-refractivity contribution in [3.8, 4) is 11.3 Å². The van der Waals surface area contributed by atoms with Gasteiger partial charge in [0.25, 0.3) is 5.91 Å². The van der Waals surface area contributed by atoms with Gasteiger partial charge in [-0.3, -0.25) is 9.59 Å². The standard InChI is InChI=1S/C18H17ClN2O4/c19-13-5-1-3-11(7-13)15-8-14(20-25-15)16(22)21-9-12-4-2-6-18(12,10-21)17(23)24/h1,3,5,7-8,12H,2,4,6,9-10H2,(H,23,24)/t12-,18+/m0/s1. The van der Waals surface area contributed by atoms with E-state index in [1.165, 1.54) is 0 Å². The lowest BCUT2D eigenvalue weighted by Gasteiger charge is -2.22. The molecule has 4 rings (SSSR count). The van der Waals surface area contributed by atoms with Gasteiger partial charge in [-0.15, -0.1) is 0 Å². The summed E-state index contributed by atoms with van der Waals surface area (Å²) in [4.78, 5) is 26.1. The van der Waals surface area contributed by atoms with Crippen LogP contribution in [0.4, 0.5) is 0 Å². The number of halogens is 1. The molecule has 1 aromatic heterocycles. The molecule has 1 aliphatic heterocycles. The van der Waals surface area contributed by atoms with Crippen LogP contribution in [-0.2, 0) is 4.79 Å². The molecule has 2 heterocycles. The fourth-order valence-electron chi connectivity index (χ4n) is 4.11. The van der Waals surface area contributed by atoms with E-state index in [-0.39, 0.29) is 24.1 Å². The van der Waals surface area contributed by atoms with E-state index in [9.17, 15) is 14.7 Å². The van der Waals surface area contributed by atoms with Crippen LogP contribution in [0.15, 0.2) is 34.9 Å². The fourth-order valence-corrected chi connectivity index (χ4v) is 4.30. The van der Waals surface area contributed by atoms with E-state index in [1.54, 1.807) is 29.2 Å². The van der Waals surface area contributed by atoms with Crippen molar-refractivity contribution in [2.75, 3.05) is 13.1 Å². The molecule has 0 unspecified atom stereocenters. The number of amides is 1. The number of carboxylic acid groups (broad SMARTS) is 1. The van der Waals surface area contributed by atoms with E-state index in [1.807, 2.05) is 6.07 Å². The zero-order valence-electron chi connectivity index (χ0n) is 13.4. The molecular weight excluding hydrogens is 344 g/mol. The molecule has 0 radical (unpaired) electrons. The Bertz CT molecular complexity index is 849. The third-order valence-corrected chi connectivity index (χ3v) is 5.66. The van der Waals surface area contributed by atoms with Gasteiger partial charge in [0.2, 0.25) is 0 Å². The van der Waals surface area contributed by atoms with Crippen LogP contribution in [0, 0.1) is 11.3 Å². The maximum absolute atomic E-state index is 12.7. The van der Waals surface area contributed by atoms with Gasteiger partial charge < -0.3 is 14.5 Å². The minimum absolute atomic E-state index is 0.0215. The van der Waals surface area contributed by atoms with Crippen molar-refractivity contribution in [3.63, 3.8) is 0 Å². The molecule has 1 amide bonds. The first-order valence-electron chi connectivity index (χ1n) is 8.25. The molecule has 6 nitrogen and oxygen atoms in total. The molecule has 7 heteroatoms. The van der Waals surface area contributed by atoms with E-state index in [0.29, 0.717) is 23.7 Å². The molecule has 1 saturated carbocycles. The van der Waals surface area contributed by atoms with Crippen LogP contribution in [0.3, 0.4) is 0 Å². The number of likely N-dealkylation sites (tertiary alicyclic amines) is 1. The van der Waals surface area contributed by atoms with Crippen molar-refractivity contribution in [2.24, 2.45) is 11.3 Å². The number of fused-ring (bicyclic) bond motifs is 1. The normalized spacial score (nSPS) is 25.2. The van der Waals surface area contributed by atoms with Crippen LogP contribution in [0.1, 0.15) is 29.8 Å². The maximum Gasteiger partial charge on any atom is 0.311 e. The fraction of sp³-hybridized carbons (Fsp3) is 0.389. The summed E-state index contributed by atoms with van der Waals surface area (Å²) in [6.45, 7) is 0.704. The zero-order chi connectivity index (χ0) is 17.6. The highest BCUT2D eigenvalue weighted by Crippen LogP contribution is 2.49. The molecule has 2 aliphatic rings. The first kappa shape index (κ1) is 16.1. The lowest BCUT2D eigenvalue weighted by atomic mass is 9.81. The maximum atomic E-state index is 12.7. The van der Waals surface area contributed by atoms with Gasteiger partial charge in [0, 0.05) is 29.7 Å². The minimum atomic E-state index is -0.801. The Hall–Kier alpha value is -2.34. The molecule has 130 valence electrons. The van der Waals surface area contributed by atoms with Gasteiger partial charge in [-0.1, -0.05) is 35.3 Å². The predicted octanol–water partition coefficient (Wildman–Crippen LogP) is 3.32. The van der Waals surface area contributed by atoms with Crippen LogP contribution in [0.25, 0.3) is 11.3 Å². The third-order valence-electron chi connectivity index (χ3n) is 5.42. The Balaban J connectivity index is 1.56. The molecule has 1 saturated heterocycles. The molecule has 0 spiro atoms. The monoisotopic (exact) mass is 360 g/mol. The molecule has 1 aromatic carbocycles. The number of carbonyl (C=O) groups excluding carboxylic acids is 1. The molecule has 1 N–H and O–H groups in total. The Morgan fingerprint density at radius 3 is 2.92 bits per heavy atom. The second-order valence-electron chi connectivity index (χ2n) is 6.82. The highest BCUT2D eigenvalue weighted by atomic mass is 35.5. The zero-order valence-corrected chi connectivity index (χ0v) is 14.2. The van der Waals surface area contributed by atoms with Crippen molar-refractivity contribution in [2.45, 2.75) is 19.3 Å². The average Bonchev–Trinajstić information content (AvgIpc) is 3.28. The number of rotatable bonds is 3. The smallest absolute Gasteiger partial charge is 0.311 e. The number of nitrogens with zero attached hydrogens (tertiary/aromatic N) is 2. The first-order valence-corrected chi connectivity index (χ1v) is 8.63. The molecule has 2 fully saturated rings. The first-order chi connectivity index (χ1) is 12.0. The number of hydrogen-bond donors (Lipinski definition) is 1.